The molecule has 1 aromatic carbocycles. The molecule has 0 saturated heterocycles. The fourth-order valence-electron chi connectivity index (χ4n) is 5.15. The van der Waals surface area contributed by atoms with Crippen LogP contribution in [-0.4, -0.2) is 15.5 Å². The SMILES string of the molecule is C1=C(c2c(N=C3CCCCC3)nn(C3=CCCCC3)c2-c2ccccc2)CCCC1. The summed E-state index contributed by atoms with van der Waals surface area (Å²) in [6.45, 7) is 0. The Morgan fingerprint density at radius 3 is 2.17 bits per heavy atom. The lowest BCUT2D eigenvalue weighted by Crippen LogP contribution is -2.05. The van der Waals surface area contributed by atoms with Crippen molar-refractivity contribution in [1.82, 2.24) is 9.78 Å². The van der Waals surface area contributed by atoms with E-state index in [1.165, 1.54) is 85.2 Å². The van der Waals surface area contributed by atoms with Gasteiger partial charge in [0.2, 0.25) is 0 Å². The first kappa shape index (κ1) is 19.5. The summed E-state index contributed by atoms with van der Waals surface area (Å²) in [4.78, 5) is 5.21. The molecule has 2 aromatic rings. The average Bonchev–Trinajstić information content (AvgIpc) is 3.20. The first-order chi connectivity index (χ1) is 14.9. The summed E-state index contributed by atoms with van der Waals surface area (Å²) >= 11 is 0. The van der Waals surface area contributed by atoms with Crippen LogP contribution in [0.15, 0.2) is 47.5 Å². The summed E-state index contributed by atoms with van der Waals surface area (Å²) < 4.78 is 2.25. The fourth-order valence-corrected chi connectivity index (χ4v) is 5.15. The van der Waals surface area contributed by atoms with Crippen LogP contribution in [0.3, 0.4) is 0 Å². The van der Waals surface area contributed by atoms with Crippen molar-refractivity contribution in [3.05, 3.63) is 48.0 Å². The molecule has 1 heterocycles. The molecule has 3 aliphatic carbocycles. The highest BCUT2D eigenvalue weighted by Gasteiger charge is 2.25. The van der Waals surface area contributed by atoms with Gasteiger partial charge in [0, 0.05) is 17.0 Å². The standard InChI is InChI=1S/C27H33N3/c1-5-13-21(14-6-1)25-26(22-15-7-2-8-16-22)30(24-19-11-4-12-20-24)29-27(25)28-23-17-9-3-10-18-23/h2,7-8,13,15-16,19H,1,3-6,9-12,14,17-18,20H2. The molecular formula is C27H33N3. The van der Waals surface area contributed by atoms with Crippen LogP contribution in [0.1, 0.15) is 89.0 Å². The quantitative estimate of drug-likeness (QED) is 0.513. The van der Waals surface area contributed by atoms with Gasteiger partial charge in [-0.3, -0.25) is 0 Å². The van der Waals surface area contributed by atoms with E-state index < -0.39 is 0 Å². The van der Waals surface area contributed by atoms with Gasteiger partial charge in [-0.25, -0.2) is 9.67 Å². The molecule has 0 bridgehead atoms. The number of rotatable bonds is 4. The van der Waals surface area contributed by atoms with Gasteiger partial charge in [-0.05, 0) is 82.6 Å². The lowest BCUT2D eigenvalue weighted by Gasteiger charge is -2.18. The van der Waals surface area contributed by atoms with Crippen LogP contribution in [-0.2, 0) is 0 Å². The molecule has 156 valence electrons. The van der Waals surface area contributed by atoms with E-state index >= 15 is 0 Å². The molecular weight excluding hydrogens is 366 g/mol. The Morgan fingerprint density at radius 1 is 0.733 bits per heavy atom. The minimum atomic E-state index is 0.963. The molecule has 1 saturated carbocycles. The highest BCUT2D eigenvalue weighted by atomic mass is 15.3. The highest BCUT2D eigenvalue weighted by molar-refractivity contribution is 5.92. The van der Waals surface area contributed by atoms with Crippen LogP contribution in [0.4, 0.5) is 5.82 Å². The Kier molecular flexibility index (Phi) is 5.96. The molecule has 30 heavy (non-hydrogen) atoms. The summed E-state index contributed by atoms with van der Waals surface area (Å²) in [5, 5.41) is 5.20. The van der Waals surface area contributed by atoms with Crippen LogP contribution in [0, 0.1) is 0 Å². The van der Waals surface area contributed by atoms with Crippen molar-refractivity contribution in [1.29, 1.82) is 0 Å². The van der Waals surface area contributed by atoms with Crippen LogP contribution < -0.4 is 0 Å². The van der Waals surface area contributed by atoms with Gasteiger partial charge >= 0.3 is 0 Å². The monoisotopic (exact) mass is 399 g/mol. The van der Waals surface area contributed by atoms with Crippen LogP contribution in [0.5, 0.6) is 0 Å². The number of aromatic nitrogens is 2. The second kappa shape index (κ2) is 9.16. The zero-order chi connectivity index (χ0) is 20.2. The Labute approximate surface area is 180 Å². The van der Waals surface area contributed by atoms with Gasteiger partial charge in [0.1, 0.15) is 0 Å². The molecule has 0 unspecified atom stereocenters. The Morgan fingerprint density at radius 2 is 1.47 bits per heavy atom. The van der Waals surface area contributed by atoms with Crippen molar-refractivity contribution in [2.45, 2.75) is 83.5 Å². The summed E-state index contributed by atoms with van der Waals surface area (Å²) in [5.74, 6) is 0.963. The van der Waals surface area contributed by atoms with Gasteiger partial charge in [-0.1, -0.05) is 48.9 Å². The van der Waals surface area contributed by atoms with Gasteiger partial charge < -0.3 is 0 Å². The molecule has 5 rings (SSSR count). The third-order valence-electron chi connectivity index (χ3n) is 6.76. The van der Waals surface area contributed by atoms with E-state index in [2.05, 4.69) is 47.2 Å². The topological polar surface area (TPSA) is 30.2 Å². The van der Waals surface area contributed by atoms with Crippen LogP contribution in [0.2, 0.25) is 0 Å². The maximum atomic E-state index is 5.21. The van der Waals surface area contributed by atoms with Crippen LogP contribution in [0.25, 0.3) is 22.5 Å². The molecule has 3 heteroatoms. The molecule has 1 aromatic heterocycles. The van der Waals surface area contributed by atoms with Crippen molar-refractivity contribution in [2.24, 2.45) is 4.99 Å². The molecule has 0 amide bonds. The van der Waals surface area contributed by atoms with E-state index in [1.54, 1.807) is 0 Å². The Bertz CT molecular complexity index is 967. The molecule has 3 nitrogen and oxygen atoms in total. The minimum Gasteiger partial charge on any atom is -0.236 e. The Balaban J connectivity index is 1.72. The summed E-state index contributed by atoms with van der Waals surface area (Å²) in [7, 11) is 0. The zero-order valence-corrected chi connectivity index (χ0v) is 18.1. The first-order valence-electron chi connectivity index (χ1n) is 12.0. The number of hydrogen-bond acceptors (Lipinski definition) is 2. The summed E-state index contributed by atoms with van der Waals surface area (Å²) in [6, 6.07) is 10.9. The number of hydrogen-bond donors (Lipinski definition) is 0. The van der Waals surface area contributed by atoms with Gasteiger partial charge in [0.15, 0.2) is 5.82 Å². The van der Waals surface area contributed by atoms with Crippen molar-refractivity contribution in [3.63, 3.8) is 0 Å². The number of aliphatic imine (C=N–C) groups is 1. The third-order valence-corrected chi connectivity index (χ3v) is 6.76. The first-order valence-corrected chi connectivity index (χ1v) is 12.0. The minimum absolute atomic E-state index is 0.963. The smallest absolute Gasteiger partial charge is 0.182 e. The molecule has 0 aliphatic heterocycles. The summed E-state index contributed by atoms with van der Waals surface area (Å²) in [6.07, 6.45) is 20.7. The largest absolute Gasteiger partial charge is 0.236 e. The molecule has 3 aliphatic rings. The van der Waals surface area contributed by atoms with Gasteiger partial charge in [0.05, 0.1) is 11.3 Å². The fraction of sp³-hybridized carbons (Fsp3) is 0.481. The van der Waals surface area contributed by atoms with Crippen LogP contribution >= 0.6 is 0 Å². The maximum absolute atomic E-state index is 5.21. The molecule has 1 fully saturated rings. The normalized spacial score (nSPS) is 19.9. The van der Waals surface area contributed by atoms with Crippen molar-refractivity contribution < 1.29 is 0 Å². The van der Waals surface area contributed by atoms with E-state index in [0.29, 0.717) is 0 Å². The van der Waals surface area contributed by atoms with E-state index in [4.69, 9.17) is 10.1 Å². The van der Waals surface area contributed by atoms with Gasteiger partial charge in [-0.2, -0.15) is 0 Å². The molecule has 0 radical (unpaired) electrons. The molecule has 0 N–H and O–H groups in total. The number of benzene rings is 1. The lowest BCUT2D eigenvalue weighted by atomic mass is 9.91. The second-order valence-electron chi connectivity index (χ2n) is 8.98. The van der Waals surface area contributed by atoms with E-state index in [0.717, 1.165) is 37.9 Å². The predicted octanol–water partition coefficient (Wildman–Crippen LogP) is 7.96. The predicted molar refractivity (Wildman–Crippen MR) is 127 cm³/mol. The number of allylic oxidation sites excluding steroid dienone is 4. The van der Waals surface area contributed by atoms with Gasteiger partial charge in [-0.15, -0.1) is 5.10 Å². The lowest BCUT2D eigenvalue weighted by molar-refractivity contribution is 0.666. The van der Waals surface area contributed by atoms with E-state index in [-0.39, 0.29) is 0 Å². The van der Waals surface area contributed by atoms with Crippen molar-refractivity contribution >= 4 is 22.8 Å². The second-order valence-corrected chi connectivity index (χ2v) is 8.98. The van der Waals surface area contributed by atoms with Crippen molar-refractivity contribution in [2.75, 3.05) is 0 Å². The van der Waals surface area contributed by atoms with E-state index in [1.807, 2.05) is 0 Å². The summed E-state index contributed by atoms with van der Waals surface area (Å²) in [5.41, 5.74) is 7.97. The average molecular weight is 400 g/mol. The Hall–Kier alpha value is -2.42. The van der Waals surface area contributed by atoms with E-state index in [9.17, 15) is 0 Å². The maximum Gasteiger partial charge on any atom is 0.182 e. The van der Waals surface area contributed by atoms with Gasteiger partial charge in [0.25, 0.3) is 0 Å². The molecule has 0 atom stereocenters. The zero-order valence-electron chi connectivity index (χ0n) is 18.1. The number of nitrogens with zero attached hydrogens (tertiary/aromatic N) is 3. The highest BCUT2D eigenvalue weighted by Crippen LogP contribution is 2.42. The third kappa shape index (κ3) is 4.08. The van der Waals surface area contributed by atoms with Crippen molar-refractivity contribution in [3.8, 4) is 11.3 Å². The molecule has 0 spiro atoms.